The van der Waals surface area contributed by atoms with Crippen LogP contribution in [0.3, 0.4) is 0 Å². The van der Waals surface area contributed by atoms with E-state index in [4.69, 9.17) is 34.8 Å². The van der Waals surface area contributed by atoms with Crippen molar-refractivity contribution in [3.05, 3.63) is 63.1 Å². The van der Waals surface area contributed by atoms with Crippen LogP contribution in [0.5, 0.6) is 0 Å². The van der Waals surface area contributed by atoms with Gasteiger partial charge in [-0.2, -0.15) is 0 Å². The highest BCUT2D eigenvalue weighted by atomic mass is 35.5. The molecule has 7 nitrogen and oxygen atoms in total. The Kier molecular flexibility index (Phi) is 8.59. The molecule has 0 heterocycles. The van der Waals surface area contributed by atoms with Crippen LogP contribution in [0.25, 0.3) is 0 Å². The fourth-order valence-electron chi connectivity index (χ4n) is 2.88. The number of anilines is 1. The molecule has 0 unspecified atom stereocenters. The third-order valence-corrected chi connectivity index (χ3v) is 6.90. The lowest BCUT2D eigenvalue weighted by molar-refractivity contribution is -0.139. The molecular formula is C20H22Cl3N3O4S. The van der Waals surface area contributed by atoms with E-state index in [9.17, 15) is 18.0 Å². The number of nitrogens with zero attached hydrogens (tertiary/aromatic N) is 2. The maximum absolute atomic E-state index is 13.3. The van der Waals surface area contributed by atoms with Crippen molar-refractivity contribution in [2.45, 2.75) is 19.5 Å². The van der Waals surface area contributed by atoms with Crippen molar-refractivity contribution in [1.82, 2.24) is 10.2 Å². The first-order valence-corrected chi connectivity index (χ1v) is 12.1. The summed E-state index contributed by atoms with van der Waals surface area (Å²) in [6.45, 7) is 0.976. The van der Waals surface area contributed by atoms with Crippen molar-refractivity contribution < 1.29 is 18.0 Å². The van der Waals surface area contributed by atoms with Gasteiger partial charge in [-0.15, -0.1) is 0 Å². The average Bonchev–Trinajstić information content (AvgIpc) is 2.71. The van der Waals surface area contributed by atoms with Gasteiger partial charge in [0.2, 0.25) is 21.8 Å². The predicted molar refractivity (Wildman–Crippen MR) is 124 cm³/mol. The van der Waals surface area contributed by atoms with Gasteiger partial charge in [0.05, 0.1) is 22.0 Å². The van der Waals surface area contributed by atoms with Gasteiger partial charge in [0.15, 0.2) is 0 Å². The van der Waals surface area contributed by atoms with E-state index in [1.807, 2.05) is 0 Å². The lowest BCUT2D eigenvalue weighted by Crippen LogP contribution is -2.50. The van der Waals surface area contributed by atoms with Crippen LogP contribution in [0.4, 0.5) is 5.69 Å². The van der Waals surface area contributed by atoms with Crippen LogP contribution < -0.4 is 9.62 Å². The van der Waals surface area contributed by atoms with Crippen molar-refractivity contribution in [1.29, 1.82) is 0 Å². The van der Waals surface area contributed by atoms with Crippen molar-refractivity contribution in [3.63, 3.8) is 0 Å². The van der Waals surface area contributed by atoms with E-state index in [0.717, 1.165) is 10.6 Å². The van der Waals surface area contributed by atoms with Crippen LogP contribution in [0, 0.1) is 0 Å². The highest BCUT2D eigenvalue weighted by Gasteiger charge is 2.31. The summed E-state index contributed by atoms with van der Waals surface area (Å²) >= 11 is 18.5. The summed E-state index contributed by atoms with van der Waals surface area (Å²) in [7, 11) is -2.45. The van der Waals surface area contributed by atoms with Crippen LogP contribution in [0.2, 0.25) is 15.1 Å². The largest absolute Gasteiger partial charge is 0.357 e. The van der Waals surface area contributed by atoms with Crippen LogP contribution in [-0.2, 0) is 26.2 Å². The molecule has 0 aliphatic carbocycles. The molecule has 0 radical (unpaired) electrons. The molecule has 31 heavy (non-hydrogen) atoms. The summed E-state index contributed by atoms with van der Waals surface area (Å²) in [6, 6.07) is 10.5. The molecule has 0 saturated heterocycles. The predicted octanol–water partition coefficient (Wildman–Crippen LogP) is 3.58. The first kappa shape index (κ1) is 25.3. The summed E-state index contributed by atoms with van der Waals surface area (Å²) in [5.41, 5.74) is 0.676. The summed E-state index contributed by atoms with van der Waals surface area (Å²) in [4.78, 5) is 26.8. The van der Waals surface area contributed by atoms with Crippen molar-refractivity contribution >= 4 is 62.3 Å². The molecule has 1 atom stereocenters. The molecule has 0 aliphatic rings. The molecule has 0 aromatic heterocycles. The second kappa shape index (κ2) is 10.5. The molecule has 2 rings (SSSR count). The summed E-state index contributed by atoms with van der Waals surface area (Å²) in [5.74, 6) is -1.02. The number of hydrogen-bond acceptors (Lipinski definition) is 4. The van der Waals surface area contributed by atoms with Crippen LogP contribution in [-0.4, -0.2) is 51.0 Å². The lowest BCUT2D eigenvalue weighted by Gasteiger charge is -2.31. The number of carbonyl (C=O) groups excluding carboxylic acids is 2. The average molecular weight is 507 g/mol. The monoisotopic (exact) mass is 505 g/mol. The van der Waals surface area contributed by atoms with Gasteiger partial charge in [-0.3, -0.25) is 13.9 Å². The number of halogens is 3. The maximum Gasteiger partial charge on any atom is 0.244 e. The standard InChI is InChI=1S/C20H22Cl3N3O4S/c1-13(20(28)24-2)25(11-14-7-4-5-8-15(14)21)18(27)12-26(31(3,29)30)17-10-6-9-16(22)19(17)23/h4-10,13H,11-12H2,1-3H3,(H,24,28)/t13-/m1/s1. The number of benzene rings is 2. The number of carbonyl (C=O) groups is 2. The number of likely N-dealkylation sites (N-methyl/N-ethyl adjacent to an activating group) is 1. The van der Waals surface area contributed by atoms with Crippen LogP contribution in [0.1, 0.15) is 12.5 Å². The summed E-state index contributed by atoms with van der Waals surface area (Å²) < 4.78 is 25.8. The molecule has 0 spiro atoms. The molecule has 0 fully saturated rings. The maximum atomic E-state index is 13.3. The molecule has 1 N–H and O–H groups in total. The fourth-order valence-corrected chi connectivity index (χ4v) is 4.38. The lowest BCUT2D eigenvalue weighted by atomic mass is 10.1. The van der Waals surface area contributed by atoms with E-state index in [-0.39, 0.29) is 22.3 Å². The van der Waals surface area contributed by atoms with Crippen molar-refractivity contribution in [2.75, 3.05) is 24.2 Å². The number of amides is 2. The zero-order chi connectivity index (χ0) is 23.3. The second-order valence-electron chi connectivity index (χ2n) is 6.75. The quantitative estimate of drug-likeness (QED) is 0.593. The smallest absolute Gasteiger partial charge is 0.244 e. The highest BCUT2D eigenvalue weighted by molar-refractivity contribution is 7.92. The molecule has 0 bridgehead atoms. The van der Waals surface area contributed by atoms with Crippen molar-refractivity contribution in [2.24, 2.45) is 0 Å². The fraction of sp³-hybridized carbons (Fsp3) is 0.300. The van der Waals surface area contributed by atoms with Gasteiger partial charge in [-0.1, -0.05) is 59.1 Å². The first-order chi connectivity index (χ1) is 14.5. The van der Waals surface area contributed by atoms with Gasteiger partial charge in [0.25, 0.3) is 0 Å². The molecule has 0 saturated carbocycles. The summed E-state index contributed by atoms with van der Waals surface area (Å²) in [5, 5.41) is 3.06. The molecule has 2 amide bonds. The zero-order valence-electron chi connectivity index (χ0n) is 17.1. The van der Waals surface area contributed by atoms with Gasteiger partial charge in [-0.25, -0.2) is 8.42 Å². The number of nitrogens with one attached hydrogen (secondary N) is 1. The SMILES string of the molecule is CNC(=O)[C@@H](C)N(Cc1ccccc1Cl)C(=O)CN(c1cccc(Cl)c1Cl)S(C)(=O)=O. The van der Waals surface area contributed by atoms with E-state index >= 15 is 0 Å². The van der Waals surface area contributed by atoms with E-state index in [0.29, 0.717) is 10.6 Å². The van der Waals surface area contributed by atoms with Gasteiger partial charge in [0, 0.05) is 18.6 Å². The van der Waals surface area contributed by atoms with E-state index in [1.54, 1.807) is 31.2 Å². The Labute approximate surface area is 196 Å². The second-order valence-corrected chi connectivity index (χ2v) is 9.85. The Bertz CT molecular complexity index is 1080. The van der Waals surface area contributed by atoms with E-state index < -0.39 is 34.4 Å². The molecule has 11 heteroatoms. The van der Waals surface area contributed by atoms with Crippen LogP contribution >= 0.6 is 34.8 Å². The third kappa shape index (κ3) is 6.26. The number of rotatable bonds is 8. The third-order valence-electron chi connectivity index (χ3n) is 4.59. The minimum atomic E-state index is -3.90. The van der Waals surface area contributed by atoms with E-state index in [1.165, 1.54) is 30.1 Å². The van der Waals surface area contributed by atoms with Crippen molar-refractivity contribution in [3.8, 4) is 0 Å². The molecule has 2 aromatic rings. The molecule has 168 valence electrons. The Morgan fingerprint density at radius 2 is 1.65 bits per heavy atom. The zero-order valence-corrected chi connectivity index (χ0v) is 20.2. The summed E-state index contributed by atoms with van der Waals surface area (Å²) in [6.07, 6.45) is 0.956. The topological polar surface area (TPSA) is 86.8 Å². The van der Waals surface area contributed by atoms with Gasteiger partial charge >= 0.3 is 0 Å². The normalized spacial score (nSPS) is 12.2. The first-order valence-electron chi connectivity index (χ1n) is 9.13. The Hall–Kier alpha value is -2.00. The van der Waals surface area contributed by atoms with Gasteiger partial charge in [0.1, 0.15) is 12.6 Å². The minimum Gasteiger partial charge on any atom is -0.357 e. The number of sulfonamides is 1. The molecule has 2 aromatic carbocycles. The Morgan fingerprint density at radius 3 is 2.23 bits per heavy atom. The Balaban J connectivity index is 2.45. The van der Waals surface area contributed by atoms with Gasteiger partial charge < -0.3 is 10.2 Å². The minimum absolute atomic E-state index is 0.000560. The number of hydrogen-bond donors (Lipinski definition) is 1. The highest BCUT2D eigenvalue weighted by Crippen LogP contribution is 2.33. The molecular weight excluding hydrogens is 485 g/mol. The van der Waals surface area contributed by atoms with Crippen LogP contribution in [0.15, 0.2) is 42.5 Å². The Morgan fingerprint density at radius 1 is 1.03 bits per heavy atom. The molecule has 0 aliphatic heterocycles. The van der Waals surface area contributed by atoms with E-state index in [2.05, 4.69) is 5.32 Å². The van der Waals surface area contributed by atoms with Gasteiger partial charge in [-0.05, 0) is 30.7 Å².